The Balaban J connectivity index is 0.973. The van der Waals surface area contributed by atoms with Gasteiger partial charge in [-0.2, -0.15) is 0 Å². The minimum atomic E-state index is -1.37. The van der Waals surface area contributed by atoms with Crippen molar-refractivity contribution in [3.63, 3.8) is 0 Å². The zero-order chi connectivity index (χ0) is 50.7. The first kappa shape index (κ1) is 44.1. The Kier molecular flexibility index (Phi) is 9.91. The molecule has 3 amide bonds. The van der Waals surface area contributed by atoms with Crippen LogP contribution in [0.4, 0.5) is 0 Å². The van der Waals surface area contributed by atoms with E-state index in [0.717, 1.165) is 21.2 Å². The molecule has 0 bridgehead atoms. The average molecular weight is 965 g/mol. The summed E-state index contributed by atoms with van der Waals surface area (Å²) in [5.41, 5.74) is 8.46. The first-order chi connectivity index (χ1) is 36.0. The summed E-state index contributed by atoms with van der Waals surface area (Å²) in [6.07, 6.45) is -1.37. The highest BCUT2D eigenvalue weighted by Gasteiger charge is 2.40. The van der Waals surface area contributed by atoms with Crippen LogP contribution in [0.25, 0.3) is 66.1 Å². The van der Waals surface area contributed by atoms with Gasteiger partial charge in [-0.3, -0.25) is 33.7 Å². The number of hydrogen-bond acceptors (Lipinski definition) is 7. The fraction of sp³-hybridized carbons (Fsp3) is 0.0476. The first-order valence-electron chi connectivity index (χ1n) is 24.0. The van der Waals surface area contributed by atoms with Gasteiger partial charge in [-0.25, -0.2) is 0 Å². The third-order valence-corrected chi connectivity index (χ3v) is 14.7. The molecule has 0 aliphatic carbocycles. The van der Waals surface area contributed by atoms with E-state index in [2.05, 4.69) is 0 Å². The van der Waals surface area contributed by atoms with Crippen molar-refractivity contribution in [1.82, 2.24) is 18.9 Å². The number of fused-ring (bicyclic) bond motifs is 8. The van der Waals surface area contributed by atoms with E-state index in [0.29, 0.717) is 88.8 Å². The van der Waals surface area contributed by atoms with E-state index in [1.807, 2.05) is 100 Å². The molecule has 1 unspecified atom stereocenters. The Morgan fingerprint density at radius 3 is 1.61 bits per heavy atom. The topological polar surface area (TPSA) is 139 Å². The number of hydrogen-bond donors (Lipinski definition) is 1. The van der Waals surface area contributed by atoms with Crippen LogP contribution in [0.15, 0.2) is 194 Å². The highest BCUT2D eigenvalue weighted by Crippen LogP contribution is 2.45. The Bertz CT molecular complexity index is 4320. The number of carbonyl (C=O) groups is 6. The summed E-state index contributed by atoms with van der Waals surface area (Å²) < 4.78 is 3.86. The number of imide groups is 1. The van der Waals surface area contributed by atoms with Gasteiger partial charge in [0, 0.05) is 74.6 Å². The van der Waals surface area contributed by atoms with Crippen molar-refractivity contribution < 1.29 is 33.9 Å². The van der Waals surface area contributed by atoms with E-state index in [1.54, 1.807) is 110 Å². The van der Waals surface area contributed by atoms with Gasteiger partial charge in [-0.05, 0) is 77.9 Å². The molecule has 0 saturated heterocycles. The van der Waals surface area contributed by atoms with E-state index in [1.165, 1.54) is 11.9 Å². The molecule has 11 heteroatoms. The van der Waals surface area contributed by atoms with Gasteiger partial charge in [0.05, 0.1) is 50.1 Å². The normalized spacial score (nSPS) is 14.2. The van der Waals surface area contributed by atoms with Gasteiger partial charge in [0.15, 0.2) is 23.6 Å². The molecular formula is C63H40N4O7. The van der Waals surface area contributed by atoms with Crippen LogP contribution in [0.5, 0.6) is 0 Å². The van der Waals surface area contributed by atoms with Crippen molar-refractivity contribution in [3.05, 3.63) is 250 Å². The molecule has 11 nitrogen and oxygen atoms in total. The number of aliphatic hydroxyl groups excluding tert-OH is 1. The van der Waals surface area contributed by atoms with Gasteiger partial charge < -0.3 is 19.1 Å². The summed E-state index contributed by atoms with van der Waals surface area (Å²) in [4.78, 5) is 86.9. The molecule has 4 heterocycles. The summed E-state index contributed by atoms with van der Waals surface area (Å²) in [5, 5.41) is 15.1. The number of ketones is 3. The van der Waals surface area contributed by atoms with Crippen LogP contribution >= 0.6 is 0 Å². The van der Waals surface area contributed by atoms with Crippen molar-refractivity contribution in [2.24, 2.45) is 0 Å². The first-order valence-corrected chi connectivity index (χ1v) is 24.0. The highest BCUT2D eigenvalue weighted by atomic mass is 16.3. The Hall–Kier alpha value is -9.84. The number of aliphatic hydroxyl groups is 1. The van der Waals surface area contributed by atoms with Crippen LogP contribution in [-0.2, 0) is 0 Å². The van der Waals surface area contributed by atoms with Gasteiger partial charge in [-0.1, -0.05) is 127 Å². The summed E-state index contributed by atoms with van der Waals surface area (Å²) in [6, 6.07) is 58.0. The van der Waals surface area contributed by atoms with Gasteiger partial charge in [0.1, 0.15) is 0 Å². The lowest BCUT2D eigenvalue weighted by Gasteiger charge is -2.19. The quantitative estimate of drug-likeness (QED) is 0.112. The van der Waals surface area contributed by atoms with Crippen molar-refractivity contribution >= 4 is 78.7 Å². The number of carbonyl (C=O) groups excluding carboxylic acids is 6. The van der Waals surface area contributed by atoms with Crippen LogP contribution in [0.3, 0.4) is 0 Å². The SMILES string of the molecule is CN1C(=O)c2cccc(-n3c4ccc(C(=O)c5ccccc5)cc4c4cc(C(=O)c5ccccc5-c5ccc(-n6c7ccccc7c7ccc(C(=O)c8ccccc8)cc76)c6c5C(O)N(C)C6=O)ccc43)c2C1=O. The fourth-order valence-electron chi connectivity index (χ4n) is 11.1. The number of aromatic nitrogens is 2. The van der Waals surface area contributed by atoms with E-state index in [-0.39, 0.29) is 34.0 Å². The van der Waals surface area contributed by atoms with Crippen molar-refractivity contribution in [2.75, 3.05) is 14.1 Å². The molecule has 11 aromatic rings. The average Bonchev–Trinajstić information content (AvgIpc) is 4.11. The van der Waals surface area contributed by atoms with Crippen molar-refractivity contribution in [3.8, 4) is 22.5 Å². The molecule has 1 N–H and O–H groups in total. The monoisotopic (exact) mass is 964 g/mol. The number of rotatable bonds is 9. The molecule has 74 heavy (non-hydrogen) atoms. The predicted molar refractivity (Wildman–Crippen MR) is 284 cm³/mol. The third-order valence-electron chi connectivity index (χ3n) is 14.7. The lowest BCUT2D eigenvalue weighted by molar-refractivity contribution is 0.0303. The van der Waals surface area contributed by atoms with Gasteiger partial charge in [0.2, 0.25) is 0 Å². The molecular weight excluding hydrogens is 925 g/mol. The molecule has 2 aliphatic rings. The largest absolute Gasteiger partial charge is 0.369 e. The molecule has 0 fully saturated rings. The lowest BCUT2D eigenvalue weighted by Crippen LogP contribution is -2.24. The van der Waals surface area contributed by atoms with Gasteiger partial charge in [0.25, 0.3) is 17.7 Å². The Morgan fingerprint density at radius 2 is 0.919 bits per heavy atom. The van der Waals surface area contributed by atoms with E-state index < -0.39 is 23.9 Å². The maximum Gasteiger partial charge on any atom is 0.263 e. The van der Waals surface area contributed by atoms with Crippen LogP contribution < -0.4 is 0 Å². The summed E-state index contributed by atoms with van der Waals surface area (Å²) >= 11 is 0. The number of benzene rings is 9. The van der Waals surface area contributed by atoms with Crippen LogP contribution in [0.2, 0.25) is 0 Å². The third kappa shape index (κ3) is 6.43. The Morgan fingerprint density at radius 1 is 0.392 bits per heavy atom. The van der Waals surface area contributed by atoms with E-state index in [4.69, 9.17) is 0 Å². The van der Waals surface area contributed by atoms with Crippen LogP contribution in [0.1, 0.15) is 90.6 Å². The highest BCUT2D eigenvalue weighted by molar-refractivity contribution is 6.24. The standard InChI is InChI=1S/C63H40N4O7/c1-64-60(71)45-21-13-23-51(54(45)61(64)72)66-49-29-25-37(57(68)35-14-5-3-6-15-35)32-46(49)47-33-38(26-30-50(47)66)59(70)44-20-10-9-18-40(44)43-28-31-52(56-55(43)62(73)65(2)63(56)74)67-48-22-12-11-19-41(48)42-27-24-39(34-53(42)67)58(69)36-16-7-4-8-17-36/h3-34,62,73H,1-2H3. The van der Waals surface area contributed by atoms with Gasteiger partial charge in [-0.15, -0.1) is 0 Å². The second-order valence-corrected chi connectivity index (χ2v) is 18.7. The molecule has 2 aromatic heterocycles. The van der Waals surface area contributed by atoms with Gasteiger partial charge >= 0.3 is 0 Å². The van der Waals surface area contributed by atoms with E-state index in [9.17, 15) is 29.1 Å². The molecule has 0 spiro atoms. The van der Waals surface area contributed by atoms with E-state index >= 15 is 4.79 Å². The fourth-order valence-corrected chi connectivity index (χ4v) is 11.1. The molecule has 13 rings (SSSR count). The predicted octanol–water partition coefficient (Wildman–Crippen LogP) is 11.5. The number of nitrogens with zero attached hydrogens (tertiary/aromatic N) is 4. The molecule has 2 aliphatic heterocycles. The zero-order valence-corrected chi connectivity index (χ0v) is 39.7. The second-order valence-electron chi connectivity index (χ2n) is 18.7. The molecule has 0 saturated carbocycles. The van der Waals surface area contributed by atoms with Crippen LogP contribution in [-0.4, -0.2) is 73.2 Å². The maximum atomic E-state index is 15.3. The summed E-state index contributed by atoms with van der Waals surface area (Å²) in [6.45, 7) is 0. The van der Waals surface area contributed by atoms with Crippen molar-refractivity contribution in [1.29, 1.82) is 0 Å². The number of para-hydroxylation sites is 1. The number of amides is 3. The Labute approximate surface area is 422 Å². The molecule has 354 valence electrons. The maximum absolute atomic E-state index is 15.3. The zero-order valence-electron chi connectivity index (χ0n) is 39.7. The molecule has 0 radical (unpaired) electrons. The second kappa shape index (κ2) is 16.6. The smallest absolute Gasteiger partial charge is 0.263 e. The summed E-state index contributed by atoms with van der Waals surface area (Å²) in [7, 11) is 3.00. The molecule has 1 atom stereocenters. The minimum Gasteiger partial charge on any atom is -0.369 e. The van der Waals surface area contributed by atoms with Crippen LogP contribution in [0, 0.1) is 0 Å². The lowest BCUT2D eigenvalue weighted by atomic mass is 9.89. The minimum absolute atomic E-state index is 0.147. The molecule has 9 aromatic carbocycles. The summed E-state index contributed by atoms with van der Waals surface area (Å²) in [5.74, 6) is -1.94. The van der Waals surface area contributed by atoms with Crippen molar-refractivity contribution in [2.45, 2.75) is 6.23 Å².